The Labute approximate surface area is 112 Å². The lowest BCUT2D eigenvalue weighted by molar-refractivity contribution is -0.124. The van der Waals surface area contributed by atoms with Gasteiger partial charge in [0.15, 0.2) is 0 Å². The normalized spacial score (nSPS) is 17.5. The predicted octanol–water partition coefficient (Wildman–Crippen LogP) is 1.31. The van der Waals surface area contributed by atoms with E-state index in [0.717, 1.165) is 5.56 Å². The molecule has 0 spiro atoms. The van der Waals surface area contributed by atoms with E-state index in [1.54, 1.807) is 12.1 Å². The molecule has 1 heterocycles. The Balaban J connectivity index is 2.20. The Morgan fingerprint density at radius 3 is 2.79 bits per heavy atom. The zero-order chi connectivity index (χ0) is 13.9. The van der Waals surface area contributed by atoms with Crippen molar-refractivity contribution in [1.82, 2.24) is 0 Å². The second kappa shape index (κ2) is 5.39. The van der Waals surface area contributed by atoms with Crippen LogP contribution < -0.4 is 11.1 Å². The molecule has 1 aromatic rings. The average molecular weight is 259 g/mol. The number of benzene rings is 1. The summed E-state index contributed by atoms with van der Waals surface area (Å²) >= 11 is 0. The Bertz CT molecular complexity index is 528. The fourth-order valence-electron chi connectivity index (χ4n) is 2.13. The third-order valence-corrected chi connectivity index (χ3v) is 3.47. The summed E-state index contributed by atoms with van der Waals surface area (Å²) in [4.78, 5) is 12.3. The maximum absolute atomic E-state index is 12.3. The quantitative estimate of drug-likeness (QED) is 0.838. The third kappa shape index (κ3) is 2.75. The largest absolute Gasteiger partial charge is 0.381 e. The molecule has 0 atom stereocenters. The summed E-state index contributed by atoms with van der Waals surface area (Å²) in [5, 5.41) is 11.9. The average Bonchev–Trinajstić information content (AvgIpc) is 2.40. The maximum Gasteiger partial charge on any atom is 0.244 e. The van der Waals surface area contributed by atoms with Crippen molar-refractivity contribution in [2.45, 2.75) is 25.3 Å². The lowest BCUT2D eigenvalue weighted by atomic mass is 9.90. The molecule has 19 heavy (non-hydrogen) atoms. The predicted molar refractivity (Wildman–Crippen MR) is 71.5 cm³/mol. The second-order valence-electron chi connectivity index (χ2n) is 4.83. The molecule has 0 radical (unpaired) electrons. The summed E-state index contributed by atoms with van der Waals surface area (Å²) in [6.07, 6.45) is 0.985. The highest BCUT2D eigenvalue weighted by Crippen LogP contribution is 2.23. The molecule has 0 aromatic heterocycles. The molecule has 1 amide bonds. The molecule has 5 nitrogen and oxygen atoms in total. The molecule has 0 saturated carbocycles. The van der Waals surface area contributed by atoms with Crippen LogP contribution in [0.1, 0.15) is 24.0 Å². The van der Waals surface area contributed by atoms with Crippen LogP contribution in [-0.2, 0) is 9.53 Å². The molecule has 100 valence electrons. The van der Waals surface area contributed by atoms with Crippen molar-refractivity contribution in [1.29, 1.82) is 5.26 Å². The minimum absolute atomic E-state index is 0.252. The maximum atomic E-state index is 12.3. The van der Waals surface area contributed by atoms with Gasteiger partial charge in [0.25, 0.3) is 0 Å². The van der Waals surface area contributed by atoms with E-state index < -0.39 is 5.54 Å². The number of nitrogens with two attached hydrogens (primary N) is 1. The van der Waals surface area contributed by atoms with E-state index in [4.69, 9.17) is 15.7 Å². The van der Waals surface area contributed by atoms with Gasteiger partial charge in [0.05, 0.1) is 11.3 Å². The van der Waals surface area contributed by atoms with Gasteiger partial charge in [0.1, 0.15) is 11.6 Å². The molecule has 1 aromatic carbocycles. The number of hydrogen-bond donors (Lipinski definition) is 2. The lowest BCUT2D eigenvalue weighted by Gasteiger charge is -2.31. The molecule has 1 saturated heterocycles. The molecule has 0 unspecified atom stereocenters. The zero-order valence-corrected chi connectivity index (χ0v) is 10.9. The number of carbonyl (C=O) groups excluding carboxylic acids is 1. The van der Waals surface area contributed by atoms with Crippen LogP contribution >= 0.6 is 0 Å². The number of amides is 1. The molecule has 1 aliphatic rings. The number of nitrogens with zero attached hydrogens (tertiary/aromatic N) is 1. The first-order valence-electron chi connectivity index (χ1n) is 6.24. The summed E-state index contributed by atoms with van der Waals surface area (Å²) in [6, 6.07) is 7.46. The van der Waals surface area contributed by atoms with E-state index >= 15 is 0 Å². The van der Waals surface area contributed by atoms with Gasteiger partial charge in [-0.05, 0) is 31.4 Å². The van der Waals surface area contributed by atoms with Gasteiger partial charge in [-0.2, -0.15) is 5.26 Å². The van der Waals surface area contributed by atoms with Crippen LogP contribution in [0.5, 0.6) is 0 Å². The van der Waals surface area contributed by atoms with E-state index in [2.05, 4.69) is 11.4 Å². The Hall–Kier alpha value is -1.90. The van der Waals surface area contributed by atoms with Crippen molar-refractivity contribution in [3.8, 4) is 6.07 Å². The van der Waals surface area contributed by atoms with E-state index in [1.807, 2.05) is 13.0 Å². The van der Waals surface area contributed by atoms with Crippen molar-refractivity contribution in [3.63, 3.8) is 0 Å². The lowest BCUT2D eigenvalue weighted by Crippen LogP contribution is -2.54. The summed E-state index contributed by atoms with van der Waals surface area (Å²) in [5.74, 6) is -0.252. The van der Waals surface area contributed by atoms with Crippen molar-refractivity contribution < 1.29 is 9.53 Å². The highest BCUT2D eigenvalue weighted by Gasteiger charge is 2.36. The first-order valence-corrected chi connectivity index (χ1v) is 6.24. The van der Waals surface area contributed by atoms with Gasteiger partial charge in [-0.25, -0.2) is 0 Å². The standard InChI is InChI=1S/C14H17N3O2/c1-10-3-2-4-12(11(10)9-15)17-13(18)14(16)5-7-19-8-6-14/h2-4H,5-8,16H2,1H3,(H,17,18). The number of aryl methyl sites for hydroxylation is 1. The zero-order valence-electron chi connectivity index (χ0n) is 10.9. The van der Waals surface area contributed by atoms with Gasteiger partial charge in [0.2, 0.25) is 5.91 Å². The molecule has 2 rings (SSSR count). The van der Waals surface area contributed by atoms with Crippen LogP contribution in [0.25, 0.3) is 0 Å². The first kappa shape index (κ1) is 13.5. The summed E-state index contributed by atoms with van der Waals surface area (Å²) in [6.45, 7) is 2.81. The van der Waals surface area contributed by atoms with Gasteiger partial charge in [0, 0.05) is 13.2 Å². The van der Waals surface area contributed by atoms with Gasteiger partial charge in [-0.15, -0.1) is 0 Å². The molecule has 3 N–H and O–H groups in total. The number of carbonyl (C=O) groups is 1. The Morgan fingerprint density at radius 1 is 1.47 bits per heavy atom. The number of rotatable bonds is 2. The van der Waals surface area contributed by atoms with Crippen LogP contribution in [0.3, 0.4) is 0 Å². The number of hydrogen-bond acceptors (Lipinski definition) is 4. The van der Waals surface area contributed by atoms with Gasteiger partial charge < -0.3 is 15.8 Å². The molecule has 0 bridgehead atoms. The molecule has 5 heteroatoms. The van der Waals surface area contributed by atoms with Crippen LogP contribution in [0.15, 0.2) is 18.2 Å². The number of nitrogens with one attached hydrogen (secondary N) is 1. The molecule has 1 aliphatic heterocycles. The first-order chi connectivity index (χ1) is 9.07. The highest BCUT2D eigenvalue weighted by molar-refractivity contribution is 5.99. The van der Waals surface area contributed by atoms with E-state index in [9.17, 15) is 4.79 Å². The fourth-order valence-corrected chi connectivity index (χ4v) is 2.13. The fraction of sp³-hybridized carbons (Fsp3) is 0.429. The van der Waals surface area contributed by atoms with Crippen LogP contribution in [0, 0.1) is 18.3 Å². The molecular weight excluding hydrogens is 242 g/mol. The van der Waals surface area contributed by atoms with E-state index in [-0.39, 0.29) is 5.91 Å². The van der Waals surface area contributed by atoms with Gasteiger partial charge in [-0.1, -0.05) is 12.1 Å². The van der Waals surface area contributed by atoms with Gasteiger partial charge >= 0.3 is 0 Å². The van der Waals surface area contributed by atoms with E-state index in [0.29, 0.717) is 37.3 Å². The molecular formula is C14H17N3O2. The highest BCUT2D eigenvalue weighted by atomic mass is 16.5. The van der Waals surface area contributed by atoms with Crippen molar-refractivity contribution in [3.05, 3.63) is 29.3 Å². The summed E-state index contributed by atoms with van der Waals surface area (Å²) in [5.41, 5.74) is 7.02. The minimum atomic E-state index is -0.908. The second-order valence-corrected chi connectivity index (χ2v) is 4.83. The van der Waals surface area contributed by atoms with Crippen LogP contribution in [0.2, 0.25) is 0 Å². The smallest absolute Gasteiger partial charge is 0.244 e. The molecule has 1 fully saturated rings. The molecule has 0 aliphatic carbocycles. The van der Waals surface area contributed by atoms with Crippen LogP contribution in [-0.4, -0.2) is 24.7 Å². The van der Waals surface area contributed by atoms with Crippen molar-refractivity contribution in [2.75, 3.05) is 18.5 Å². The monoisotopic (exact) mass is 259 g/mol. The number of ether oxygens (including phenoxy) is 1. The third-order valence-electron chi connectivity index (χ3n) is 3.47. The Morgan fingerprint density at radius 2 is 2.16 bits per heavy atom. The minimum Gasteiger partial charge on any atom is -0.381 e. The van der Waals surface area contributed by atoms with Gasteiger partial charge in [-0.3, -0.25) is 4.79 Å². The summed E-state index contributed by atoms with van der Waals surface area (Å²) in [7, 11) is 0. The SMILES string of the molecule is Cc1cccc(NC(=O)C2(N)CCOCC2)c1C#N. The number of anilines is 1. The number of nitriles is 1. The Kier molecular flexibility index (Phi) is 3.84. The van der Waals surface area contributed by atoms with Crippen LogP contribution in [0.4, 0.5) is 5.69 Å². The van der Waals surface area contributed by atoms with Crippen molar-refractivity contribution >= 4 is 11.6 Å². The van der Waals surface area contributed by atoms with E-state index in [1.165, 1.54) is 0 Å². The topological polar surface area (TPSA) is 88.1 Å². The summed E-state index contributed by atoms with van der Waals surface area (Å²) < 4.78 is 5.22. The van der Waals surface area contributed by atoms with Crippen molar-refractivity contribution in [2.24, 2.45) is 5.73 Å².